The zero-order valence-corrected chi connectivity index (χ0v) is 17.1. The zero-order valence-electron chi connectivity index (χ0n) is 15.5. The van der Waals surface area contributed by atoms with Gasteiger partial charge >= 0.3 is 0 Å². The van der Waals surface area contributed by atoms with Crippen LogP contribution in [0.5, 0.6) is 0 Å². The van der Waals surface area contributed by atoms with Crippen molar-refractivity contribution in [3.05, 3.63) is 68.7 Å². The number of benzene rings is 2. The van der Waals surface area contributed by atoms with Gasteiger partial charge in [-0.15, -0.1) is 0 Å². The van der Waals surface area contributed by atoms with E-state index in [4.69, 9.17) is 11.6 Å². The molecular weight excluding hydrogens is 418 g/mol. The summed E-state index contributed by atoms with van der Waals surface area (Å²) in [7, 11) is -3.39. The number of carbonyl (C=O) groups excluding carboxylic acids is 1. The predicted octanol–water partition coefficient (Wildman–Crippen LogP) is 3.82. The predicted molar refractivity (Wildman–Crippen MR) is 111 cm³/mol. The first-order valence-corrected chi connectivity index (χ1v) is 11.1. The number of halogens is 1. The fourth-order valence-corrected chi connectivity index (χ4v) is 4.89. The molecule has 1 N–H and O–H groups in total. The van der Waals surface area contributed by atoms with Crippen molar-refractivity contribution in [3.63, 3.8) is 0 Å². The Morgan fingerprint density at radius 3 is 2.38 bits per heavy atom. The van der Waals surface area contributed by atoms with E-state index in [0.717, 1.165) is 19.3 Å². The zero-order chi connectivity index (χ0) is 21.0. The molecule has 8 nitrogen and oxygen atoms in total. The second-order valence-electron chi connectivity index (χ2n) is 6.79. The van der Waals surface area contributed by atoms with E-state index in [1.165, 1.54) is 34.6 Å². The topological polar surface area (TPSA) is 110 Å². The van der Waals surface area contributed by atoms with Gasteiger partial charge in [0.1, 0.15) is 0 Å². The quantitative estimate of drug-likeness (QED) is 0.545. The molecule has 0 aliphatic carbocycles. The number of nitro groups is 1. The van der Waals surface area contributed by atoms with Crippen LogP contribution in [0, 0.1) is 10.1 Å². The average Bonchev–Trinajstić information content (AvgIpc) is 2.70. The molecule has 0 radical (unpaired) electrons. The third-order valence-electron chi connectivity index (χ3n) is 4.68. The number of hydrogen-bond acceptors (Lipinski definition) is 5. The molecule has 1 aliphatic heterocycles. The van der Waals surface area contributed by atoms with Crippen molar-refractivity contribution in [1.82, 2.24) is 4.31 Å². The van der Waals surface area contributed by atoms with Gasteiger partial charge in [0, 0.05) is 30.8 Å². The van der Waals surface area contributed by atoms with Gasteiger partial charge in [0.2, 0.25) is 10.0 Å². The van der Waals surface area contributed by atoms with Gasteiger partial charge < -0.3 is 5.32 Å². The maximum Gasteiger partial charge on any atom is 0.271 e. The highest BCUT2D eigenvalue weighted by atomic mass is 35.5. The Morgan fingerprint density at radius 2 is 1.76 bits per heavy atom. The van der Waals surface area contributed by atoms with Crippen molar-refractivity contribution < 1.29 is 18.1 Å². The minimum Gasteiger partial charge on any atom is -0.320 e. The number of hydrogen-bond donors (Lipinski definition) is 1. The van der Waals surface area contributed by atoms with E-state index in [9.17, 15) is 23.3 Å². The largest absolute Gasteiger partial charge is 0.320 e. The van der Waals surface area contributed by atoms with Crippen molar-refractivity contribution >= 4 is 38.9 Å². The SMILES string of the molecule is O=C(Nc1cc([N+](=O)[O-])ccc1Cl)c1ccc(CS(=O)(=O)N2CCCCC2)cc1. The van der Waals surface area contributed by atoms with Crippen molar-refractivity contribution in [2.75, 3.05) is 18.4 Å². The lowest BCUT2D eigenvalue weighted by Gasteiger charge is -2.25. The van der Waals surface area contributed by atoms with Crippen LogP contribution in [-0.2, 0) is 15.8 Å². The lowest BCUT2D eigenvalue weighted by molar-refractivity contribution is -0.384. The van der Waals surface area contributed by atoms with Crippen LogP contribution in [0.4, 0.5) is 11.4 Å². The number of nitrogens with one attached hydrogen (secondary N) is 1. The smallest absolute Gasteiger partial charge is 0.271 e. The van der Waals surface area contributed by atoms with E-state index >= 15 is 0 Å². The Labute approximate surface area is 173 Å². The molecule has 0 atom stereocenters. The number of carbonyl (C=O) groups is 1. The van der Waals surface area contributed by atoms with Crippen LogP contribution in [0.15, 0.2) is 42.5 Å². The average molecular weight is 438 g/mol. The standard InChI is InChI=1S/C19H20ClN3O5S/c20-17-9-8-16(23(25)26)12-18(17)21-19(24)15-6-4-14(5-7-15)13-29(27,28)22-10-2-1-3-11-22/h4-9,12H,1-3,10-11,13H2,(H,21,24). The molecule has 2 aromatic carbocycles. The third kappa shape index (κ3) is 5.31. The molecule has 154 valence electrons. The second kappa shape index (κ2) is 8.89. The summed E-state index contributed by atoms with van der Waals surface area (Å²) >= 11 is 6.00. The van der Waals surface area contributed by atoms with Gasteiger partial charge in [-0.2, -0.15) is 0 Å². The highest BCUT2D eigenvalue weighted by molar-refractivity contribution is 7.88. The third-order valence-corrected chi connectivity index (χ3v) is 6.86. The number of nitrogens with zero attached hydrogens (tertiary/aromatic N) is 2. The van der Waals surface area contributed by atoms with Crippen LogP contribution in [0.2, 0.25) is 5.02 Å². The number of rotatable bonds is 6. The van der Waals surface area contributed by atoms with Crippen molar-refractivity contribution in [3.8, 4) is 0 Å². The molecule has 10 heteroatoms. The van der Waals surface area contributed by atoms with Crippen LogP contribution < -0.4 is 5.32 Å². The van der Waals surface area contributed by atoms with Crippen LogP contribution in [0.3, 0.4) is 0 Å². The molecule has 0 unspecified atom stereocenters. The molecule has 1 saturated heterocycles. The first-order valence-electron chi connectivity index (χ1n) is 9.08. The van der Waals surface area contributed by atoms with Crippen LogP contribution in [0.25, 0.3) is 0 Å². The molecule has 0 bridgehead atoms. The molecule has 1 aliphatic rings. The molecule has 1 fully saturated rings. The van der Waals surface area contributed by atoms with Crippen molar-refractivity contribution in [2.45, 2.75) is 25.0 Å². The van der Waals surface area contributed by atoms with E-state index in [0.29, 0.717) is 18.7 Å². The molecular formula is C19H20ClN3O5S. The Morgan fingerprint density at radius 1 is 1.10 bits per heavy atom. The number of sulfonamides is 1. The van der Waals surface area contributed by atoms with Crippen LogP contribution in [0.1, 0.15) is 35.2 Å². The first-order chi connectivity index (χ1) is 13.8. The van der Waals surface area contributed by atoms with E-state index in [-0.39, 0.29) is 27.7 Å². The van der Waals surface area contributed by atoms with Crippen LogP contribution >= 0.6 is 11.6 Å². The summed E-state index contributed by atoms with van der Waals surface area (Å²) in [4.78, 5) is 22.7. The summed E-state index contributed by atoms with van der Waals surface area (Å²) in [6.45, 7) is 1.10. The second-order valence-corrected chi connectivity index (χ2v) is 9.16. The summed E-state index contributed by atoms with van der Waals surface area (Å²) < 4.78 is 26.5. The maximum atomic E-state index is 12.5. The summed E-state index contributed by atoms with van der Waals surface area (Å²) in [5.41, 5.74) is 0.804. The van der Waals surface area contributed by atoms with Gasteiger partial charge in [0.25, 0.3) is 11.6 Å². The van der Waals surface area contributed by atoms with Gasteiger partial charge in [-0.25, -0.2) is 12.7 Å². The summed E-state index contributed by atoms with van der Waals surface area (Å²) in [6, 6.07) is 9.97. The van der Waals surface area contributed by atoms with E-state index in [1.807, 2.05) is 0 Å². The minimum absolute atomic E-state index is 0.119. The highest BCUT2D eigenvalue weighted by Gasteiger charge is 2.24. The molecule has 0 aromatic heterocycles. The maximum absolute atomic E-state index is 12.5. The van der Waals surface area contributed by atoms with E-state index in [1.54, 1.807) is 12.1 Å². The Bertz CT molecular complexity index is 1020. The van der Waals surface area contributed by atoms with Crippen molar-refractivity contribution in [2.24, 2.45) is 0 Å². The number of piperidine rings is 1. The summed E-state index contributed by atoms with van der Waals surface area (Å²) in [5.74, 6) is -0.621. The molecule has 2 aromatic rings. The Balaban J connectivity index is 1.69. The summed E-state index contributed by atoms with van der Waals surface area (Å²) in [6.07, 6.45) is 2.79. The van der Waals surface area contributed by atoms with Gasteiger partial charge in [-0.1, -0.05) is 30.2 Å². The first kappa shape index (κ1) is 21.2. The lowest BCUT2D eigenvalue weighted by Crippen LogP contribution is -2.36. The molecule has 1 heterocycles. The molecule has 29 heavy (non-hydrogen) atoms. The molecule has 3 rings (SSSR count). The normalized spacial score (nSPS) is 15.1. The lowest BCUT2D eigenvalue weighted by atomic mass is 10.1. The molecule has 1 amide bonds. The van der Waals surface area contributed by atoms with Gasteiger partial charge in [0.05, 0.1) is 21.4 Å². The minimum atomic E-state index is -3.39. The fraction of sp³-hybridized carbons (Fsp3) is 0.316. The fourth-order valence-electron chi connectivity index (χ4n) is 3.11. The number of non-ortho nitro benzene ring substituents is 1. The Hall–Kier alpha value is -2.49. The van der Waals surface area contributed by atoms with Gasteiger partial charge in [-0.3, -0.25) is 14.9 Å². The monoisotopic (exact) mass is 437 g/mol. The van der Waals surface area contributed by atoms with E-state index < -0.39 is 20.9 Å². The highest BCUT2D eigenvalue weighted by Crippen LogP contribution is 2.27. The van der Waals surface area contributed by atoms with E-state index in [2.05, 4.69) is 5.32 Å². The molecule has 0 spiro atoms. The molecule has 0 saturated carbocycles. The number of nitro benzene ring substituents is 1. The van der Waals surface area contributed by atoms with Gasteiger partial charge in [0.15, 0.2) is 0 Å². The number of anilines is 1. The van der Waals surface area contributed by atoms with Crippen molar-refractivity contribution in [1.29, 1.82) is 0 Å². The van der Waals surface area contributed by atoms with Gasteiger partial charge in [-0.05, 0) is 36.6 Å². The Kier molecular flexibility index (Phi) is 6.51. The number of amides is 1. The van der Waals surface area contributed by atoms with Crippen LogP contribution in [-0.4, -0.2) is 36.6 Å². The summed E-state index contributed by atoms with van der Waals surface area (Å²) in [5, 5.41) is 13.6.